The third-order valence-corrected chi connectivity index (χ3v) is 3.65. The Morgan fingerprint density at radius 1 is 1.31 bits per heavy atom. The molecule has 1 N–H and O–H groups in total. The average molecular weight is 273 g/mol. The molecule has 16 heavy (non-hydrogen) atoms. The van der Waals surface area contributed by atoms with Crippen LogP contribution in [0.15, 0.2) is 24.4 Å². The van der Waals surface area contributed by atoms with Gasteiger partial charge in [-0.2, -0.15) is 0 Å². The topological polar surface area (TPSA) is 24.9 Å². The van der Waals surface area contributed by atoms with Crippen molar-refractivity contribution in [3.63, 3.8) is 0 Å². The molecule has 0 aliphatic heterocycles. The van der Waals surface area contributed by atoms with Crippen molar-refractivity contribution in [1.29, 1.82) is 0 Å². The van der Waals surface area contributed by atoms with Crippen LogP contribution < -0.4 is 5.32 Å². The van der Waals surface area contributed by atoms with Crippen LogP contribution in [0.2, 0.25) is 10.0 Å². The van der Waals surface area contributed by atoms with Gasteiger partial charge in [-0.1, -0.05) is 40.6 Å². The molecule has 0 spiro atoms. The minimum absolute atomic E-state index is 0.652. The smallest absolute Gasteiger partial charge is 0.183 e. The van der Waals surface area contributed by atoms with Gasteiger partial charge in [0.25, 0.3) is 0 Å². The fourth-order valence-electron chi connectivity index (χ4n) is 1.36. The van der Waals surface area contributed by atoms with E-state index in [1.54, 1.807) is 17.5 Å². The summed E-state index contributed by atoms with van der Waals surface area (Å²) >= 11 is 13.8. The molecule has 84 valence electrons. The third kappa shape index (κ3) is 2.32. The summed E-state index contributed by atoms with van der Waals surface area (Å²) in [7, 11) is 0. The molecule has 0 fully saturated rings. The maximum absolute atomic E-state index is 6.12. The zero-order valence-corrected chi connectivity index (χ0v) is 11.0. The van der Waals surface area contributed by atoms with Crippen molar-refractivity contribution in [1.82, 2.24) is 4.98 Å². The lowest BCUT2D eigenvalue weighted by Crippen LogP contribution is -1.94. The van der Waals surface area contributed by atoms with Crippen molar-refractivity contribution in [3.05, 3.63) is 34.4 Å². The van der Waals surface area contributed by atoms with Crippen LogP contribution >= 0.6 is 34.5 Å². The molecule has 0 radical (unpaired) electrons. The standard InChI is InChI=1S/C11H10Cl2N2S/c1-2-14-11-15-6-9(16-11)10-7(12)4-3-5-8(10)13/h3-6H,2H2,1H3,(H,14,15). The molecule has 0 atom stereocenters. The lowest BCUT2D eigenvalue weighted by Gasteiger charge is -2.02. The van der Waals surface area contributed by atoms with Crippen LogP contribution in [0.5, 0.6) is 0 Å². The Morgan fingerprint density at radius 3 is 2.62 bits per heavy atom. The Hall–Kier alpha value is -0.770. The summed E-state index contributed by atoms with van der Waals surface area (Å²) in [6.07, 6.45) is 1.79. The maximum Gasteiger partial charge on any atom is 0.183 e. The Labute approximate surface area is 108 Å². The molecule has 2 aromatic rings. The Balaban J connectivity index is 2.42. The Bertz CT molecular complexity index is 476. The molecule has 0 saturated carbocycles. The monoisotopic (exact) mass is 272 g/mol. The van der Waals surface area contributed by atoms with E-state index < -0.39 is 0 Å². The molecule has 1 aromatic heterocycles. The SMILES string of the molecule is CCNc1ncc(-c2c(Cl)cccc2Cl)s1. The van der Waals surface area contributed by atoms with Crippen LogP contribution in [0.4, 0.5) is 5.13 Å². The predicted octanol–water partition coefficient (Wildman–Crippen LogP) is 4.55. The van der Waals surface area contributed by atoms with Gasteiger partial charge in [0.15, 0.2) is 5.13 Å². The van der Waals surface area contributed by atoms with Crippen molar-refractivity contribution >= 4 is 39.7 Å². The largest absolute Gasteiger partial charge is 0.362 e. The van der Waals surface area contributed by atoms with Crippen molar-refractivity contribution in [2.45, 2.75) is 6.92 Å². The number of benzene rings is 1. The molecule has 0 unspecified atom stereocenters. The second-order valence-corrected chi connectivity index (χ2v) is 5.00. The van der Waals surface area contributed by atoms with Gasteiger partial charge in [0.05, 0.1) is 14.9 Å². The van der Waals surface area contributed by atoms with E-state index in [1.165, 1.54) is 0 Å². The minimum atomic E-state index is 0.652. The Morgan fingerprint density at radius 2 is 2.00 bits per heavy atom. The highest BCUT2D eigenvalue weighted by molar-refractivity contribution is 7.19. The van der Waals surface area contributed by atoms with Crippen molar-refractivity contribution in [2.75, 3.05) is 11.9 Å². The van der Waals surface area contributed by atoms with Gasteiger partial charge < -0.3 is 5.32 Å². The molecule has 0 amide bonds. The molecule has 0 bridgehead atoms. The fraction of sp³-hybridized carbons (Fsp3) is 0.182. The van der Waals surface area contributed by atoms with Crippen LogP contribution in [0.1, 0.15) is 6.92 Å². The van der Waals surface area contributed by atoms with Gasteiger partial charge in [0.2, 0.25) is 0 Å². The molecular weight excluding hydrogens is 263 g/mol. The summed E-state index contributed by atoms with van der Waals surface area (Å²) in [5.41, 5.74) is 0.854. The first-order valence-electron chi connectivity index (χ1n) is 4.86. The van der Waals surface area contributed by atoms with E-state index >= 15 is 0 Å². The van der Waals surface area contributed by atoms with Gasteiger partial charge in [-0.25, -0.2) is 4.98 Å². The lowest BCUT2D eigenvalue weighted by atomic mass is 10.2. The Kier molecular flexibility index (Phi) is 3.69. The van der Waals surface area contributed by atoms with Crippen LogP contribution in [-0.2, 0) is 0 Å². The molecule has 0 aliphatic carbocycles. The first-order valence-corrected chi connectivity index (χ1v) is 6.43. The van der Waals surface area contributed by atoms with Gasteiger partial charge in [0, 0.05) is 18.3 Å². The zero-order valence-electron chi connectivity index (χ0n) is 8.63. The predicted molar refractivity (Wildman–Crippen MR) is 71.7 cm³/mol. The maximum atomic E-state index is 6.12. The summed E-state index contributed by atoms with van der Waals surface area (Å²) in [5, 5.41) is 5.34. The highest BCUT2D eigenvalue weighted by Crippen LogP contribution is 2.38. The number of anilines is 1. The van der Waals surface area contributed by atoms with Crippen LogP contribution in [0.25, 0.3) is 10.4 Å². The number of aromatic nitrogens is 1. The molecule has 0 saturated heterocycles. The van der Waals surface area contributed by atoms with E-state index in [2.05, 4.69) is 10.3 Å². The molecule has 1 aromatic carbocycles. The van der Waals surface area contributed by atoms with E-state index in [4.69, 9.17) is 23.2 Å². The van der Waals surface area contributed by atoms with Crippen LogP contribution in [0.3, 0.4) is 0 Å². The number of nitrogens with one attached hydrogen (secondary N) is 1. The molecule has 0 aliphatic rings. The molecule has 5 heteroatoms. The van der Waals surface area contributed by atoms with Gasteiger partial charge in [-0.05, 0) is 19.1 Å². The van der Waals surface area contributed by atoms with Gasteiger partial charge in [0.1, 0.15) is 0 Å². The van der Waals surface area contributed by atoms with E-state index in [1.807, 2.05) is 25.1 Å². The number of rotatable bonds is 3. The number of thiazole rings is 1. The molecule has 2 nitrogen and oxygen atoms in total. The number of hydrogen-bond acceptors (Lipinski definition) is 3. The molecule has 2 rings (SSSR count). The highest BCUT2D eigenvalue weighted by Gasteiger charge is 2.11. The highest BCUT2D eigenvalue weighted by atomic mass is 35.5. The molecule has 1 heterocycles. The second kappa shape index (κ2) is 5.04. The first kappa shape index (κ1) is 11.7. The normalized spacial score (nSPS) is 10.4. The van der Waals surface area contributed by atoms with Gasteiger partial charge >= 0.3 is 0 Å². The van der Waals surface area contributed by atoms with Crippen LogP contribution in [-0.4, -0.2) is 11.5 Å². The van der Waals surface area contributed by atoms with E-state index in [0.29, 0.717) is 10.0 Å². The molecular formula is C11H10Cl2N2S. The van der Waals surface area contributed by atoms with E-state index in [-0.39, 0.29) is 0 Å². The second-order valence-electron chi connectivity index (χ2n) is 3.16. The first-order chi connectivity index (χ1) is 7.72. The quantitative estimate of drug-likeness (QED) is 0.887. The van der Waals surface area contributed by atoms with Crippen LogP contribution in [0, 0.1) is 0 Å². The average Bonchev–Trinajstić information content (AvgIpc) is 2.67. The van der Waals surface area contributed by atoms with Gasteiger partial charge in [-0.15, -0.1) is 0 Å². The number of hydrogen-bond donors (Lipinski definition) is 1. The summed E-state index contributed by atoms with van der Waals surface area (Å²) < 4.78 is 0. The zero-order chi connectivity index (χ0) is 11.5. The van der Waals surface area contributed by atoms with E-state index in [9.17, 15) is 0 Å². The van der Waals surface area contributed by atoms with E-state index in [0.717, 1.165) is 22.1 Å². The summed E-state index contributed by atoms with van der Waals surface area (Å²) in [6.45, 7) is 2.88. The summed E-state index contributed by atoms with van der Waals surface area (Å²) in [5.74, 6) is 0. The minimum Gasteiger partial charge on any atom is -0.362 e. The van der Waals surface area contributed by atoms with Crippen molar-refractivity contribution in [3.8, 4) is 10.4 Å². The number of nitrogens with zero attached hydrogens (tertiary/aromatic N) is 1. The number of halogens is 2. The fourth-order valence-corrected chi connectivity index (χ4v) is 3.03. The van der Waals surface area contributed by atoms with Crippen molar-refractivity contribution in [2.24, 2.45) is 0 Å². The summed E-state index contributed by atoms with van der Waals surface area (Å²) in [6, 6.07) is 5.49. The van der Waals surface area contributed by atoms with Crippen molar-refractivity contribution < 1.29 is 0 Å². The van der Waals surface area contributed by atoms with Gasteiger partial charge in [-0.3, -0.25) is 0 Å². The lowest BCUT2D eigenvalue weighted by molar-refractivity contribution is 1.19. The summed E-state index contributed by atoms with van der Waals surface area (Å²) in [4.78, 5) is 5.23. The third-order valence-electron chi connectivity index (χ3n) is 2.04.